The van der Waals surface area contributed by atoms with Crippen molar-refractivity contribution in [1.82, 2.24) is 16.0 Å². The molecule has 0 saturated carbocycles. The molecule has 0 spiro atoms. The molecule has 0 aliphatic heterocycles. The number of rotatable bonds is 16. The van der Waals surface area contributed by atoms with Crippen LogP contribution >= 0.6 is 28.6 Å². The fraction of sp³-hybridized carbons (Fsp3) is 0.560. The Labute approximate surface area is 232 Å². The Kier molecular flexibility index (Phi) is 14.5. The number of halogens is 1. The first-order valence-electron chi connectivity index (χ1n) is 12.0. The van der Waals surface area contributed by atoms with Gasteiger partial charge in [0.2, 0.25) is 11.8 Å². The Bertz CT molecular complexity index is 953. The number of Topliss-reactive ketones (excluding diaryl/α,β-unsaturated/α-hetero) is 2. The van der Waals surface area contributed by atoms with Crippen molar-refractivity contribution in [2.75, 3.05) is 40.0 Å². The third kappa shape index (κ3) is 14.2. The second-order valence-electron chi connectivity index (χ2n) is 9.68. The number of hydrogen-bond acceptors (Lipinski definition) is 7. The molecule has 0 radical (unpaired) electrons. The van der Waals surface area contributed by atoms with Crippen LogP contribution < -0.4 is 16.0 Å². The smallest absolute Gasteiger partial charge is 0.408 e. The van der Waals surface area contributed by atoms with E-state index in [4.69, 9.17) is 4.74 Å². The molecular formula is C25H38BrN4O6S+. The van der Waals surface area contributed by atoms with Crippen molar-refractivity contribution < 1.29 is 33.2 Å². The van der Waals surface area contributed by atoms with Crippen molar-refractivity contribution in [2.45, 2.75) is 51.3 Å². The number of benzene rings is 1. The number of ether oxygens (including phenoxy) is 1. The Hall–Kier alpha value is -2.44. The lowest BCUT2D eigenvalue weighted by atomic mass is 10.1. The van der Waals surface area contributed by atoms with Crippen molar-refractivity contribution in [3.8, 4) is 0 Å². The van der Waals surface area contributed by atoms with Gasteiger partial charge in [-0.05, 0) is 19.4 Å². The normalized spacial score (nSPS) is 12.7. The SMILES string of the molecule is CC(=O)CCC(=O)[C@H](CS)NC(=O)CC[C@H](NC(=O)OCc1ccccc1Br)C(=O)NCC[N+](C)(C)C. The maximum absolute atomic E-state index is 12.8. The number of quaternary nitrogens is 1. The van der Waals surface area contributed by atoms with Crippen LogP contribution in [0.3, 0.4) is 0 Å². The first-order valence-corrected chi connectivity index (χ1v) is 13.4. The Morgan fingerprint density at radius 3 is 2.27 bits per heavy atom. The number of likely N-dealkylation sites (N-methyl/N-ethyl adjacent to an activating group) is 1. The van der Waals surface area contributed by atoms with Gasteiger partial charge in [0, 0.05) is 35.1 Å². The predicted octanol–water partition coefficient (Wildman–Crippen LogP) is 2.00. The molecular weight excluding hydrogens is 564 g/mol. The van der Waals surface area contributed by atoms with E-state index in [1.54, 1.807) is 6.07 Å². The fourth-order valence-corrected chi connectivity index (χ4v) is 3.79. The summed E-state index contributed by atoms with van der Waals surface area (Å²) in [5.41, 5.74) is 0.758. The maximum Gasteiger partial charge on any atom is 0.408 e. The van der Waals surface area contributed by atoms with Gasteiger partial charge in [0.25, 0.3) is 0 Å². The molecule has 0 aliphatic rings. The van der Waals surface area contributed by atoms with E-state index in [1.165, 1.54) is 6.92 Å². The molecule has 1 rings (SSSR count). The van der Waals surface area contributed by atoms with Crippen molar-refractivity contribution >= 4 is 58.0 Å². The third-order valence-corrected chi connectivity index (χ3v) is 6.44. The molecule has 0 saturated heterocycles. The summed E-state index contributed by atoms with van der Waals surface area (Å²) in [6.45, 7) is 2.43. The minimum absolute atomic E-state index is 0.00438. The highest BCUT2D eigenvalue weighted by molar-refractivity contribution is 9.10. The largest absolute Gasteiger partial charge is 0.445 e. The monoisotopic (exact) mass is 601 g/mol. The predicted molar refractivity (Wildman–Crippen MR) is 147 cm³/mol. The molecule has 3 N–H and O–H groups in total. The summed E-state index contributed by atoms with van der Waals surface area (Å²) in [6, 6.07) is 5.41. The number of nitrogens with zero attached hydrogens (tertiary/aromatic N) is 1. The van der Waals surface area contributed by atoms with Crippen LogP contribution in [0.15, 0.2) is 28.7 Å². The van der Waals surface area contributed by atoms with Gasteiger partial charge in [-0.25, -0.2) is 4.79 Å². The standard InChI is InChI=1S/C25H37BrN4O6S/c1-17(31)9-11-22(32)21(16-37)28-23(33)12-10-20(24(34)27-13-14-30(2,3)4)29-25(35)36-15-18-7-5-6-8-19(18)26/h5-8,20-21H,9-16H2,1-4H3,(H3-,27,28,29,33,34,35,37)/p+1/t20-,21-/m0/s1. The quantitative estimate of drug-likeness (QED) is 0.169. The molecule has 10 nitrogen and oxygen atoms in total. The van der Waals surface area contributed by atoms with Crippen LogP contribution in [0.5, 0.6) is 0 Å². The summed E-state index contributed by atoms with van der Waals surface area (Å²) in [5.74, 6) is -1.24. The summed E-state index contributed by atoms with van der Waals surface area (Å²) >= 11 is 7.51. The lowest BCUT2D eigenvalue weighted by molar-refractivity contribution is -0.869. The highest BCUT2D eigenvalue weighted by Gasteiger charge is 2.25. The van der Waals surface area contributed by atoms with Gasteiger partial charge in [-0.15, -0.1) is 0 Å². The highest BCUT2D eigenvalue weighted by Crippen LogP contribution is 2.16. The van der Waals surface area contributed by atoms with Crippen LogP contribution in [0.2, 0.25) is 0 Å². The average molecular weight is 603 g/mol. The maximum atomic E-state index is 12.8. The van der Waals surface area contributed by atoms with Crippen LogP contribution in [-0.2, 0) is 30.5 Å². The zero-order valence-corrected chi connectivity index (χ0v) is 24.3. The molecule has 0 unspecified atom stereocenters. The Morgan fingerprint density at radius 2 is 1.68 bits per heavy atom. The number of carbonyl (C=O) groups is 5. The zero-order valence-electron chi connectivity index (χ0n) is 21.8. The number of alkyl carbamates (subject to hydrolysis) is 1. The van der Waals surface area contributed by atoms with E-state index < -0.39 is 30.0 Å². The molecule has 0 aromatic heterocycles. The van der Waals surface area contributed by atoms with Crippen molar-refractivity contribution in [1.29, 1.82) is 0 Å². The van der Waals surface area contributed by atoms with Crippen LogP contribution in [0.25, 0.3) is 0 Å². The van der Waals surface area contributed by atoms with Gasteiger partial charge >= 0.3 is 6.09 Å². The lowest BCUT2D eigenvalue weighted by Gasteiger charge is -2.25. The van der Waals surface area contributed by atoms with E-state index in [0.717, 1.165) is 10.0 Å². The van der Waals surface area contributed by atoms with E-state index in [2.05, 4.69) is 44.5 Å². The first kappa shape index (κ1) is 32.6. The summed E-state index contributed by atoms with van der Waals surface area (Å²) < 4.78 is 6.69. The number of nitrogens with one attached hydrogen (secondary N) is 3. The summed E-state index contributed by atoms with van der Waals surface area (Å²) in [5, 5.41) is 7.92. The number of hydrogen-bond donors (Lipinski definition) is 4. The number of amides is 3. The minimum Gasteiger partial charge on any atom is -0.445 e. The average Bonchev–Trinajstić information content (AvgIpc) is 2.82. The van der Waals surface area contributed by atoms with Gasteiger partial charge in [0.1, 0.15) is 18.4 Å². The van der Waals surface area contributed by atoms with Gasteiger partial charge in [-0.3, -0.25) is 14.4 Å². The molecule has 0 fully saturated rings. The van der Waals surface area contributed by atoms with E-state index in [0.29, 0.717) is 17.6 Å². The third-order valence-electron chi connectivity index (χ3n) is 5.30. The molecule has 1 aromatic rings. The molecule has 206 valence electrons. The summed E-state index contributed by atoms with van der Waals surface area (Å²) in [7, 11) is 5.96. The van der Waals surface area contributed by atoms with Crippen LogP contribution in [0.4, 0.5) is 4.79 Å². The molecule has 1 aromatic carbocycles. The molecule has 2 atom stereocenters. The molecule has 0 bridgehead atoms. The second kappa shape index (κ2) is 16.4. The Balaban J connectivity index is 2.74. The number of thiol groups is 1. The lowest BCUT2D eigenvalue weighted by Crippen LogP contribution is -2.50. The second-order valence-corrected chi connectivity index (χ2v) is 10.9. The first-order chi connectivity index (χ1) is 17.3. The van der Waals surface area contributed by atoms with Gasteiger partial charge in [-0.1, -0.05) is 34.1 Å². The van der Waals surface area contributed by atoms with E-state index in [-0.39, 0.29) is 49.6 Å². The van der Waals surface area contributed by atoms with E-state index >= 15 is 0 Å². The molecule has 0 aliphatic carbocycles. The van der Waals surface area contributed by atoms with Crippen molar-refractivity contribution in [3.05, 3.63) is 34.3 Å². The molecule has 37 heavy (non-hydrogen) atoms. The Morgan fingerprint density at radius 1 is 1.00 bits per heavy atom. The molecule has 0 heterocycles. The van der Waals surface area contributed by atoms with Gasteiger partial charge in [-0.2, -0.15) is 12.6 Å². The van der Waals surface area contributed by atoms with Gasteiger partial charge in [0.05, 0.1) is 40.3 Å². The molecule has 12 heteroatoms. The fourth-order valence-electron chi connectivity index (χ4n) is 3.09. The van der Waals surface area contributed by atoms with E-state index in [9.17, 15) is 24.0 Å². The topological polar surface area (TPSA) is 131 Å². The van der Waals surface area contributed by atoms with E-state index in [1.807, 2.05) is 39.3 Å². The van der Waals surface area contributed by atoms with Gasteiger partial charge in [0.15, 0.2) is 5.78 Å². The van der Waals surface area contributed by atoms with Crippen LogP contribution in [-0.4, -0.2) is 86.0 Å². The van der Waals surface area contributed by atoms with Crippen LogP contribution in [0, 0.1) is 0 Å². The molecule has 3 amide bonds. The highest BCUT2D eigenvalue weighted by atomic mass is 79.9. The summed E-state index contributed by atoms with van der Waals surface area (Å²) in [4.78, 5) is 61.2. The van der Waals surface area contributed by atoms with Gasteiger partial charge < -0.3 is 30.0 Å². The van der Waals surface area contributed by atoms with Crippen LogP contribution in [0.1, 0.15) is 38.2 Å². The number of carbonyl (C=O) groups excluding carboxylic acids is 5. The van der Waals surface area contributed by atoms with Crippen molar-refractivity contribution in [2.24, 2.45) is 0 Å². The minimum atomic E-state index is -1.02. The van der Waals surface area contributed by atoms with Crippen molar-refractivity contribution in [3.63, 3.8) is 0 Å². The number of ketones is 2. The zero-order chi connectivity index (χ0) is 28.0. The summed E-state index contributed by atoms with van der Waals surface area (Å²) in [6.07, 6.45) is -0.811.